The summed E-state index contributed by atoms with van der Waals surface area (Å²) < 4.78 is 39.5. The second kappa shape index (κ2) is 7.83. The van der Waals surface area contributed by atoms with Crippen molar-refractivity contribution in [3.05, 3.63) is 0 Å². The molecule has 8 fully saturated rings. The van der Waals surface area contributed by atoms with Crippen molar-refractivity contribution in [2.45, 2.75) is 141 Å². The molecule has 0 amide bonds. The highest BCUT2D eigenvalue weighted by Crippen LogP contribution is 2.80. The Balaban J connectivity index is 1.13. The topological polar surface area (TPSA) is 89.5 Å². The van der Waals surface area contributed by atoms with E-state index in [-0.39, 0.29) is 58.9 Å². The second-order valence-electron chi connectivity index (χ2n) is 15.8. The molecule has 8 heteroatoms. The van der Waals surface area contributed by atoms with Gasteiger partial charge in [-0.2, -0.15) is 0 Å². The molecule has 4 aliphatic heterocycles. The van der Waals surface area contributed by atoms with Gasteiger partial charge in [0.15, 0.2) is 12.1 Å². The maximum Gasteiger partial charge on any atom is 0.303 e. The van der Waals surface area contributed by atoms with Gasteiger partial charge in [-0.05, 0) is 94.3 Å². The van der Waals surface area contributed by atoms with Gasteiger partial charge >= 0.3 is 11.9 Å². The lowest BCUT2D eigenvalue weighted by Crippen LogP contribution is -2.61. The average Bonchev–Trinajstić information content (AvgIpc) is 3.52. The van der Waals surface area contributed by atoms with Gasteiger partial charge in [-0.25, -0.2) is 0 Å². The summed E-state index contributed by atoms with van der Waals surface area (Å²) in [5, 5.41) is 0. The first-order valence-corrected chi connectivity index (χ1v) is 15.8. The van der Waals surface area contributed by atoms with Crippen molar-refractivity contribution in [2.75, 3.05) is 0 Å². The molecule has 0 N–H and O–H groups in total. The summed E-state index contributed by atoms with van der Waals surface area (Å²) in [6.07, 6.45) is 5.80. The van der Waals surface area contributed by atoms with Gasteiger partial charge < -0.3 is 28.4 Å². The van der Waals surface area contributed by atoms with E-state index in [1.807, 2.05) is 0 Å². The Morgan fingerprint density at radius 3 is 2.25 bits per heavy atom. The van der Waals surface area contributed by atoms with Gasteiger partial charge in [0.25, 0.3) is 0 Å². The number of esters is 2. The molecular formula is C32H46O8. The van der Waals surface area contributed by atoms with Crippen LogP contribution in [0.2, 0.25) is 0 Å². The van der Waals surface area contributed by atoms with Gasteiger partial charge in [-0.1, -0.05) is 13.8 Å². The average molecular weight is 559 g/mol. The van der Waals surface area contributed by atoms with Gasteiger partial charge in [0, 0.05) is 31.6 Å². The summed E-state index contributed by atoms with van der Waals surface area (Å²) in [6, 6.07) is 0. The smallest absolute Gasteiger partial charge is 0.303 e. The van der Waals surface area contributed by atoms with Crippen LogP contribution in [-0.4, -0.2) is 59.6 Å². The number of carbonyl (C=O) groups is 2. The molecule has 4 saturated heterocycles. The summed E-state index contributed by atoms with van der Waals surface area (Å²) in [6.45, 7) is 14.2. The molecule has 222 valence electrons. The third-order valence-electron chi connectivity index (χ3n) is 13.8. The lowest BCUT2D eigenvalue weighted by atomic mass is 9.44. The van der Waals surface area contributed by atoms with Crippen LogP contribution in [0.25, 0.3) is 0 Å². The van der Waals surface area contributed by atoms with Crippen LogP contribution in [0.4, 0.5) is 0 Å². The van der Waals surface area contributed by atoms with E-state index in [9.17, 15) is 9.59 Å². The van der Waals surface area contributed by atoms with E-state index in [2.05, 4.69) is 34.6 Å². The first-order valence-electron chi connectivity index (χ1n) is 15.8. The molecular weight excluding hydrogens is 512 g/mol. The highest BCUT2D eigenvalue weighted by atomic mass is 16.8. The number of fused-ring (bicyclic) bond motifs is 7. The SMILES string of the molecule is CC(=O)O[C@H]1C[C@@H]2CC[C@@H]3[C@H]([C@@H]4C[C@]56[C@H](O4)O[C@]4(C)[C@H]5[C@H](C[C@@H]36)O[C@]43C[C@H](C)C(C)(C)O3)[C@@]2(C)C[C@H]1OC(C)=O. The molecule has 8 nitrogen and oxygen atoms in total. The van der Waals surface area contributed by atoms with Gasteiger partial charge in [-0.15, -0.1) is 0 Å². The van der Waals surface area contributed by atoms with Gasteiger partial charge in [-0.3, -0.25) is 9.59 Å². The molecule has 40 heavy (non-hydrogen) atoms. The van der Waals surface area contributed by atoms with Crippen molar-refractivity contribution < 1.29 is 38.0 Å². The Morgan fingerprint density at radius 2 is 1.57 bits per heavy atom. The van der Waals surface area contributed by atoms with Crippen molar-refractivity contribution in [3.8, 4) is 0 Å². The minimum Gasteiger partial charge on any atom is -0.459 e. The van der Waals surface area contributed by atoms with Crippen molar-refractivity contribution in [1.82, 2.24) is 0 Å². The summed E-state index contributed by atoms with van der Waals surface area (Å²) in [7, 11) is 0. The summed E-state index contributed by atoms with van der Waals surface area (Å²) in [5.41, 5.74) is -0.860. The predicted octanol–water partition coefficient (Wildman–Crippen LogP) is 4.76. The zero-order chi connectivity index (χ0) is 28.2. The molecule has 4 aliphatic carbocycles. The largest absolute Gasteiger partial charge is 0.459 e. The van der Waals surface area contributed by atoms with Crippen LogP contribution in [0.3, 0.4) is 0 Å². The van der Waals surface area contributed by atoms with Crippen LogP contribution in [-0.2, 0) is 38.0 Å². The molecule has 0 radical (unpaired) electrons. The van der Waals surface area contributed by atoms with E-state index < -0.39 is 17.5 Å². The Hall–Kier alpha value is -1.22. The molecule has 15 atom stereocenters. The summed E-state index contributed by atoms with van der Waals surface area (Å²) in [4.78, 5) is 24.0. The number of rotatable bonds is 2. The third-order valence-corrected chi connectivity index (χ3v) is 13.8. The van der Waals surface area contributed by atoms with E-state index >= 15 is 0 Å². The predicted molar refractivity (Wildman–Crippen MR) is 141 cm³/mol. The zero-order valence-electron chi connectivity index (χ0n) is 25.1. The van der Waals surface area contributed by atoms with E-state index in [4.69, 9.17) is 28.4 Å². The zero-order valence-corrected chi connectivity index (χ0v) is 25.1. The van der Waals surface area contributed by atoms with Crippen molar-refractivity contribution in [3.63, 3.8) is 0 Å². The number of hydrogen-bond donors (Lipinski definition) is 0. The first kappa shape index (κ1) is 26.4. The number of hydrogen-bond acceptors (Lipinski definition) is 8. The highest BCUT2D eigenvalue weighted by Gasteiger charge is 2.87. The van der Waals surface area contributed by atoms with E-state index in [0.717, 1.165) is 38.5 Å². The Kier molecular flexibility index (Phi) is 5.17. The number of carbonyl (C=O) groups excluding carboxylic acids is 2. The van der Waals surface area contributed by atoms with Crippen molar-refractivity contribution in [2.24, 2.45) is 46.3 Å². The molecule has 4 heterocycles. The molecule has 8 aliphatic rings. The maximum atomic E-state index is 12.1. The minimum absolute atomic E-state index is 0.0263. The van der Waals surface area contributed by atoms with E-state index in [0.29, 0.717) is 36.0 Å². The first-order chi connectivity index (χ1) is 18.7. The van der Waals surface area contributed by atoms with E-state index in [1.54, 1.807) is 0 Å². The minimum atomic E-state index is -0.707. The maximum absolute atomic E-state index is 12.1. The second-order valence-corrected chi connectivity index (χ2v) is 15.8. The molecule has 2 spiro atoms. The van der Waals surface area contributed by atoms with Crippen molar-refractivity contribution in [1.29, 1.82) is 0 Å². The molecule has 0 aromatic carbocycles. The van der Waals surface area contributed by atoms with Gasteiger partial charge in [0.1, 0.15) is 17.8 Å². The Bertz CT molecular complexity index is 1150. The normalized spacial score (nSPS) is 59.8. The van der Waals surface area contributed by atoms with Crippen LogP contribution in [0, 0.1) is 46.3 Å². The summed E-state index contributed by atoms with van der Waals surface area (Å²) >= 11 is 0. The molecule has 2 bridgehead atoms. The lowest BCUT2D eigenvalue weighted by Gasteiger charge is -2.61. The lowest BCUT2D eigenvalue weighted by molar-refractivity contribution is -0.319. The third kappa shape index (κ3) is 2.98. The fourth-order valence-corrected chi connectivity index (χ4v) is 12.2. The van der Waals surface area contributed by atoms with Crippen LogP contribution >= 0.6 is 0 Å². The Morgan fingerprint density at radius 1 is 0.850 bits per heavy atom. The van der Waals surface area contributed by atoms with Crippen LogP contribution in [0.5, 0.6) is 0 Å². The summed E-state index contributed by atoms with van der Waals surface area (Å²) in [5.74, 6) is 1.07. The fourth-order valence-electron chi connectivity index (χ4n) is 12.2. The van der Waals surface area contributed by atoms with Gasteiger partial charge in [0.05, 0.1) is 17.8 Å². The van der Waals surface area contributed by atoms with Crippen molar-refractivity contribution >= 4 is 11.9 Å². The van der Waals surface area contributed by atoms with Crippen LogP contribution in [0.15, 0.2) is 0 Å². The Labute approximate surface area is 237 Å². The molecule has 0 aromatic heterocycles. The van der Waals surface area contributed by atoms with E-state index in [1.165, 1.54) is 13.8 Å². The molecule has 4 saturated carbocycles. The quantitative estimate of drug-likeness (QED) is 0.448. The molecule has 8 rings (SSSR count). The highest BCUT2D eigenvalue weighted by molar-refractivity contribution is 5.67. The molecule has 0 aromatic rings. The van der Waals surface area contributed by atoms with Crippen LogP contribution < -0.4 is 0 Å². The van der Waals surface area contributed by atoms with Crippen LogP contribution in [0.1, 0.15) is 93.4 Å². The number of ether oxygens (including phenoxy) is 6. The van der Waals surface area contributed by atoms with Gasteiger partial charge in [0.2, 0.25) is 0 Å². The standard InChI is InChI=1S/C32H46O8/c1-15-12-32(40-28(15,4)5)30(7)26-22(38-32)11-20-19-9-8-18-10-21(35-16(2)33)23(36-17(3)34)13-29(18,6)25(19)24-14-31(20,26)27(37-24)39-30/h15,18-27H,8-14H2,1-7H3/t15-,18-,19-,20-,21-,22-,23+,24-,25+,26+,27+,29-,30+,31+,32-/m0/s1. The molecule has 0 unspecified atom stereocenters. The fraction of sp³-hybridized carbons (Fsp3) is 0.938. The monoisotopic (exact) mass is 558 g/mol.